The minimum atomic E-state index is -0.706. The molecule has 1 aromatic rings. The van der Waals surface area contributed by atoms with Crippen molar-refractivity contribution < 1.29 is 14.6 Å². The molecular formula is C16H28IN3O3. The second-order valence-corrected chi connectivity index (χ2v) is 5.15. The summed E-state index contributed by atoms with van der Waals surface area (Å²) in [6.07, 6.45) is -0.706. The van der Waals surface area contributed by atoms with Crippen LogP contribution in [0.3, 0.4) is 0 Å². The standard InChI is InChI=1S/C16H27N3O3.HI/c1-6-17-16(19-11(2)3)18-10-13(20)12-7-8-14(21-4)15(9-12)22-5;/h7-9,11,13,20H,6,10H2,1-5H3,(H2,17,18,19);1H. The Morgan fingerprint density at radius 2 is 1.87 bits per heavy atom. The molecule has 0 bridgehead atoms. The summed E-state index contributed by atoms with van der Waals surface area (Å²) in [6.45, 7) is 7.11. The van der Waals surface area contributed by atoms with E-state index in [1.807, 2.05) is 26.8 Å². The third-order valence-corrected chi connectivity index (χ3v) is 2.98. The van der Waals surface area contributed by atoms with Crippen LogP contribution in [0.15, 0.2) is 23.2 Å². The summed E-state index contributed by atoms with van der Waals surface area (Å²) >= 11 is 0. The van der Waals surface area contributed by atoms with Gasteiger partial charge in [0.25, 0.3) is 0 Å². The van der Waals surface area contributed by atoms with E-state index in [1.54, 1.807) is 26.4 Å². The molecule has 132 valence electrons. The molecule has 0 saturated carbocycles. The number of nitrogens with zero attached hydrogens (tertiary/aromatic N) is 1. The van der Waals surface area contributed by atoms with Crippen molar-refractivity contribution in [3.63, 3.8) is 0 Å². The van der Waals surface area contributed by atoms with Gasteiger partial charge in [0.2, 0.25) is 0 Å². The highest BCUT2D eigenvalue weighted by molar-refractivity contribution is 14.0. The average Bonchev–Trinajstić information content (AvgIpc) is 2.51. The molecule has 1 unspecified atom stereocenters. The Kier molecular flexibility index (Phi) is 10.7. The Morgan fingerprint density at radius 1 is 1.22 bits per heavy atom. The lowest BCUT2D eigenvalue weighted by Crippen LogP contribution is -2.41. The van der Waals surface area contributed by atoms with Gasteiger partial charge in [-0.25, -0.2) is 0 Å². The van der Waals surface area contributed by atoms with Gasteiger partial charge < -0.3 is 25.2 Å². The first-order chi connectivity index (χ1) is 10.5. The summed E-state index contributed by atoms with van der Waals surface area (Å²) in [7, 11) is 3.15. The van der Waals surface area contributed by atoms with E-state index in [0.29, 0.717) is 17.5 Å². The molecule has 0 saturated heterocycles. The van der Waals surface area contributed by atoms with Crippen LogP contribution in [0.2, 0.25) is 0 Å². The van der Waals surface area contributed by atoms with Gasteiger partial charge in [0.15, 0.2) is 17.5 Å². The van der Waals surface area contributed by atoms with Crippen molar-refractivity contribution in [2.75, 3.05) is 27.3 Å². The SMILES string of the molecule is CCNC(=NCC(O)c1ccc(OC)c(OC)c1)NC(C)C.I. The molecule has 7 heteroatoms. The third-order valence-electron chi connectivity index (χ3n) is 2.98. The van der Waals surface area contributed by atoms with Gasteiger partial charge in [-0.15, -0.1) is 24.0 Å². The molecule has 0 fully saturated rings. The Labute approximate surface area is 155 Å². The van der Waals surface area contributed by atoms with Crippen molar-refractivity contribution in [1.82, 2.24) is 10.6 Å². The van der Waals surface area contributed by atoms with Gasteiger partial charge in [-0.05, 0) is 38.5 Å². The Morgan fingerprint density at radius 3 is 2.39 bits per heavy atom. The number of benzene rings is 1. The molecule has 0 aliphatic carbocycles. The number of aliphatic hydroxyl groups excluding tert-OH is 1. The second-order valence-electron chi connectivity index (χ2n) is 5.15. The maximum atomic E-state index is 10.3. The summed E-state index contributed by atoms with van der Waals surface area (Å²) in [5.74, 6) is 1.92. The lowest BCUT2D eigenvalue weighted by atomic mass is 10.1. The van der Waals surface area contributed by atoms with Gasteiger partial charge in [0.1, 0.15) is 0 Å². The molecule has 0 amide bonds. The molecule has 6 nitrogen and oxygen atoms in total. The van der Waals surface area contributed by atoms with E-state index in [0.717, 1.165) is 12.1 Å². The first-order valence-electron chi connectivity index (χ1n) is 7.46. The first-order valence-corrected chi connectivity index (χ1v) is 7.46. The largest absolute Gasteiger partial charge is 0.493 e. The molecular weight excluding hydrogens is 409 g/mol. The molecule has 1 aromatic carbocycles. The molecule has 0 aliphatic rings. The summed E-state index contributed by atoms with van der Waals surface area (Å²) in [5.41, 5.74) is 0.738. The highest BCUT2D eigenvalue weighted by Crippen LogP contribution is 2.29. The van der Waals surface area contributed by atoms with E-state index in [9.17, 15) is 5.11 Å². The topological polar surface area (TPSA) is 75.1 Å². The third kappa shape index (κ3) is 7.26. The number of rotatable bonds is 7. The number of guanidine groups is 1. The van der Waals surface area contributed by atoms with Crippen LogP contribution in [-0.2, 0) is 0 Å². The van der Waals surface area contributed by atoms with Gasteiger partial charge in [-0.2, -0.15) is 0 Å². The van der Waals surface area contributed by atoms with Crippen molar-refractivity contribution in [2.24, 2.45) is 4.99 Å². The zero-order chi connectivity index (χ0) is 16.5. The second kappa shape index (κ2) is 11.3. The van der Waals surface area contributed by atoms with Gasteiger partial charge >= 0.3 is 0 Å². The fraction of sp³-hybridized carbons (Fsp3) is 0.562. The Bertz CT molecular complexity index is 495. The summed E-state index contributed by atoms with van der Waals surface area (Å²) in [4.78, 5) is 4.40. The van der Waals surface area contributed by atoms with Gasteiger partial charge in [0, 0.05) is 12.6 Å². The van der Waals surface area contributed by atoms with E-state index in [2.05, 4.69) is 15.6 Å². The zero-order valence-electron chi connectivity index (χ0n) is 14.4. The van der Waals surface area contributed by atoms with Crippen molar-refractivity contribution in [2.45, 2.75) is 32.9 Å². The number of halogens is 1. The smallest absolute Gasteiger partial charge is 0.191 e. The molecule has 23 heavy (non-hydrogen) atoms. The number of hydrogen-bond acceptors (Lipinski definition) is 4. The monoisotopic (exact) mass is 437 g/mol. The number of aliphatic imine (C=N–C) groups is 1. The molecule has 0 aromatic heterocycles. The lowest BCUT2D eigenvalue weighted by Gasteiger charge is -2.16. The predicted molar refractivity (Wildman–Crippen MR) is 104 cm³/mol. The number of hydrogen-bond donors (Lipinski definition) is 3. The highest BCUT2D eigenvalue weighted by atomic mass is 127. The number of nitrogens with one attached hydrogen (secondary N) is 2. The predicted octanol–water partition coefficient (Wildman–Crippen LogP) is 2.32. The van der Waals surface area contributed by atoms with Crippen molar-refractivity contribution in [3.05, 3.63) is 23.8 Å². The fourth-order valence-electron chi connectivity index (χ4n) is 1.94. The minimum absolute atomic E-state index is 0. The van der Waals surface area contributed by atoms with Crippen LogP contribution >= 0.6 is 24.0 Å². The summed E-state index contributed by atoms with van der Waals surface area (Å²) in [5, 5.41) is 16.7. The molecule has 3 N–H and O–H groups in total. The van der Waals surface area contributed by atoms with Crippen LogP contribution in [0.4, 0.5) is 0 Å². The van der Waals surface area contributed by atoms with E-state index in [4.69, 9.17) is 9.47 Å². The molecule has 0 aliphatic heterocycles. The number of ether oxygens (including phenoxy) is 2. The average molecular weight is 437 g/mol. The van der Waals surface area contributed by atoms with E-state index in [1.165, 1.54) is 0 Å². The molecule has 0 heterocycles. The summed E-state index contributed by atoms with van der Waals surface area (Å²) in [6, 6.07) is 5.63. The van der Waals surface area contributed by atoms with Crippen molar-refractivity contribution in [1.29, 1.82) is 0 Å². The quantitative estimate of drug-likeness (QED) is 0.347. The van der Waals surface area contributed by atoms with Gasteiger partial charge in [-0.3, -0.25) is 4.99 Å². The Balaban J connectivity index is 0.00000484. The number of methoxy groups -OCH3 is 2. The van der Waals surface area contributed by atoms with Crippen LogP contribution in [0.5, 0.6) is 11.5 Å². The van der Waals surface area contributed by atoms with Crippen LogP contribution in [0.1, 0.15) is 32.4 Å². The van der Waals surface area contributed by atoms with Crippen LogP contribution in [0.25, 0.3) is 0 Å². The van der Waals surface area contributed by atoms with E-state index in [-0.39, 0.29) is 36.6 Å². The lowest BCUT2D eigenvalue weighted by molar-refractivity contribution is 0.186. The molecule has 0 radical (unpaired) electrons. The molecule has 1 rings (SSSR count). The van der Waals surface area contributed by atoms with Crippen LogP contribution in [0, 0.1) is 0 Å². The molecule has 0 spiro atoms. The number of aliphatic hydroxyl groups is 1. The first kappa shape index (κ1) is 21.8. The van der Waals surface area contributed by atoms with Gasteiger partial charge in [-0.1, -0.05) is 6.07 Å². The zero-order valence-corrected chi connectivity index (χ0v) is 16.8. The van der Waals surface area contributed by atoms with E-state index >= 15 is 0 Å². The van der Waals surface area contributed by atoms with E-state index < -0.39 is 6.10 Å². The maximum Gasteiger partial charge on any atom is 0.191 e. The van der Waals surface area contributed by atoms with Crippen LogP contribution < -0.4 is 20.1 Å². The fourth-order valence-corrected chi connectivity index (χ4v) is 1.94. The Hall–Kier alpha value is -1.22. The molecule has 1 atom stereocenters. The summed E-state index contributed by atoms with van der Waals surface area (Å²) < 4.78 is 10.4. The normalized spacial score (nSPS) is 12.4. The highest BCUT2D eigenvalue weighted by Gasteiger charge is 2.12. The van der Waals surface area contributed by atoms with Crippen molar-refractivity contribution in [3.8, 4) is 11.5 Å². The van der Waals surface area contributed by atoms with Crippen LogP contribution in [-0.4, -0.2) is 44.4 Å². The van der Waals surface area contributed by atoms with Gasteiger partial charge in [0.05, 0.1) is 26.9 Å². The van der Waals surface area contributed by atoms with Crippen molar-refractivity contribution >= 4 is 29.9 Å². The minimum Gasteiger partial charge on any atom is -0.493 e. The maximum absolute atomic E-state index is 10.3.